The molecule has 7 heteroatoms. The fraction of sp³-hybridized carbons (Fsp3) is 0.650. The third-order valence-corrected chi connectivity index (χ3v) is 5.23. The van der Waals surface area contributed by atoms with Crippen LogP contribution in [0.15, 0.2) is 18.3 Å². The summed E-state index contributed by atoms with van der Waals surface area (Å²) in [7, 11) is 3.83. The summed E-state index contributed by atoms with van der Waals surface area (Å²) in [6, 6.07) is 4.05. The Morgan fingerprint density at radius 1 is 1.30 bits per heavy atom. The second kappa shape index (κ2) is 9.28. The van der Waals surface area contributed by atoms with Crippen molar-refractivity contribution >= 4 is 17.1 Å². The molecule has 1 saturated heterocycles. The van der Waals surface area contributed by atoms with Crippen molar-refractivity contribution in [1.82, 2.24) is 24.3 Å². The predicted molar refractivity (Wildman–Crippen MR) is 106 cm³/mol. The van der Waals surface area contributed by atoms with E-state index in [9.17, 15) is 4.79 Å². The predicted octanol–water partition coefficient (Wildman–Crippen LogP) is 2.13. The number of pyridine rings is 1. The van der Waals surface area contributed by atoms with Crippen molar-refractivity contribution in [3.8, 4) is 0 Å². The molecule has 1 aliphatic heterocycles. The molecule has 3 heterocycles. The van der Waals surface area contributed by atoms with E-state index in [4.69, 9.17) is 9.72 Å². The SMILES string of the molecule is COCC(C)n1c(CCCC(=O)N2CCCN(C)CC2)nc2cccnc21. The van der Waals surface area contributed by atoms with Crippen molar-refractivity contribution in [3.63, 3.8) is 0 Å². The summed E-state index contributed by atoms with van der Waals surface area (Å²) in [5.41, 5.74) is 1.79. The average molecular weight is 374 g/mol. The maximum atomic E-state index is 12.6. The molecule has 27 heavy (non-hydrogen) atoms. The second-order valence-electron chi connectivity index (χ2n) is 7.44. The Balaban J connectivity index is 1.64. The zero-order valence-electron chi connectivity index (χ0n) is 16.7. The Labute approximate surface area is 161 Å². The van der Waals surface area contributed by atoms with Crippen molar-refractivity contribution in [2.75, 3.05) is 46.9 Å². The highest BCUT2D eigenvalue weighted by atomic mass is 16.5. The molecular formula is C20H31N5O2. The van der Waals surface area contributed by atoms with E-state index in [-0.39, 0.29) is 11.9 Å². The molecule has 1 amide bonds. The van der Waals surface area contributed by atoms with E-state index in [2.05, 4.69) is 28.4 Å². The molecule has 3 rings (SSSR count). The van der Waals surface area contributed by atoms with Crippen LogP contribution in [0, 0.1) is 0 Å². The molecule has 0 spiro atoms. The topological polar surface area (TPSA) is 63.5 Å². The Morgan fingerprint density at radius 3 is 2.96 bits per heavy atom. The van der Waals surface area contributed by atoms with Gasteiger partial charge in [-0.1, -0.05) is 0 Å². The summed E-state index contributed by atoms with van der Waals surface area (Å²) in [6.07, 6.45) is 4.99. The lowest BCUT2D eigenvalue weighted by atomic mass is 10.2. The van der Waals surface area contributed by atoms with E-state index < -0.39 is 0 Å². The summed E-state index contributed by atoms with van der Waals surface area (Å²) >= 11 is 0. The number of aromatic nitrogens is 3. The highest BCUT2D eigenvalue weighted by molar-refractivity contribution is 5.76. The van der Waals surface area contributed by atoms with Gasteiger partial charge in [0.15, 0.2) is 5.65 Å². The Hall–Kier alpha value is -1.99. The Kier molecular flexibility index (Phi) is 6.79. The fourth-order valence-corrected chi connectivity index (χ4v) is 3.78. The number of carbonyl (C=O) groups excluding carboxylic acids is 1. The van der Waals surface area contributed by atoms with Crippen LogP contribution in [0.5, 0.6) is 0 Å². The van der Waals surface area contributed by atoms with Gasteiger partial charge in [-0.2, -0.15) is 0 Å². The number of ether oxygens (including phenoxy) is 1. The number of amides is 1. The number of hydrogen-bond donors (Lipinski definition) is 0. The van der Waals surface area contributed by atoms with Crippen molar-refractivity contribution in [2.24, 2.45) is 0 Å². The minimum atomic E-state index is 0.154. The minimum Gasteiger partial charge on any atom is -0.383 e. The average Bonchev–Trinajstić information content (AvgIpc) is 2.88. The Bertz CT molecular complexity index is 760. The number of rotatable bonds is 7. The summed E-state index contributed by atoms with van der Waals surface area (Å²) in [5, 5.41) is 0. The normalized spacial score (nSPS) is 17.2. The zero-order valence-corrected chi connectivity index (χ0v) is 16.7. The van der Waals surface area contributed by atoms with Crippen LogP contribution in [-0.4, -0.2) is 77.2 Å². The van der Waals surface area contributed by atoms with Crippen LogP contribution in [0.3, 0.4) is 0 Å². The molecular weight excluding hydrogens is 342 g/mol. The highest BCUT2D eigenvalue weighted by Crippen LogP contribution is 2.21. The summed E-state index contributed by atoms with van der Waals surface area (Å²) in [5.74, 6) is 1.24. The number of methoxy groups -OCH3 is 1. The highest BCUT2D eigenvalue weighted by Gasteiger charge is 2.19. The van der Waals surface area contributed by atoms with Crippen molar-refractivity contribution < 1.29 is 9.53 Å². The third kappa shape index (κ3) is 4.84. The van der Waals surface area contributed by atoms with Crippen LogP contribution in [0.4, 0.5) is 0 Å². The summed E-state index contributed by atoms with van der Waals surface area (Å²) in [6.45, 7) is 6.45. The largest absolute Gasteiger partial charge is 0.383 e. The quantitative estimate of drug-likeness (QED) is 0.744. The molecule has 0 bridgehead atoms. The molecule has 1 atom stereocenters. The van der Waals surface area contributed by atoms with Gasteiger partial charge in [0.25, 0.3) is 0 Å². The van der Waals surface area contributed by atoms with Gasteiger partial charge < -0.3 is 19.1 Å². The number of likely N-dealkylation sites (N-methyl/N-ethyl adjacent to an activating group) is 1. The molecule has 0 aliphatic carbocycles. The van der Waals surface area contributed by atoms with E-state index in [0.29, 0.717) is 13.0 Å². The maximum Gasteiger partial charge on any atom is 0.222 e. The van der Waals surface area contributed by atoms with Gasteiger partial charge in [-0.05, 0) is 45.5 Å². The number of carbonyl (C=O) groups is 1. The molecule has 0 radical (unpaired) electrons. The summed E-state index contributed by atoms with van der Waals surface area (Å²) in [4.78, 5) is 26.2. The van der Waals surface area contributed by atoms with Crippen LogP contribution < -0.4 is 0 Å². The number of imidazole rings is 1. The first-order chi connectivity index (χ1) is 13.1. The first-order valence-electron chi connectivity index (χ1n) is 9.87. The number of hydrogen-bond acceptors (Lipinski definition) is 5. The molecule has 1 aliphatic rings. The molecule has 0 saturated carbocycles. The zero-order chi connectivity index (χ0) is 19.2. The van der Waals surface area contributed by atoms with Crippen LogP contribution in [0.2, 0.25) is 0 Å². The van der Waals surface area contributed by atoms with Gasteiger partial charge in [-0.15, -0.1) is 0 Å². The van der Waals surface area contributed by atoms with E-state index in [1.165, 1.54) is 0 Å². The smallest absolute Gasteiger partial charge is 0.222 e. The molecule has 148 valence electrons. The molecule has 0 aromatic carbocycles. The van der Waals surface area contributed by atoms with Crippen LogP contribution in [-0.2, 0) is 16.0 Å². The van der Waals surface area contributed by atoms with Gasteiger partial charge in [0.2, 0.25) is 5.91 Å². The lowest BCUT2D eigenvalue weighted by Crippen LogP contribution is -2.34. The first-order valence-corrected chi connectivity index (χ1v) is 9.87. The monoisotopic (exact) mass is 373 g/mol. The fourth-order valence-electron chi connectivity index (χ4n) is 3.78. The molecule has 1 fully saturated rings. The first kappa shape index (κ1) is 19.8. The van der Waals surface area contributed by atoms with Gasteiger partial charge in [0, 0.05) is 45.8 Å². The number of nitrogens with zero attached hydrogens (tertiary/aromatic N) is 5. The van der Waals surface area contributed by atoms with Gasteiger partial charge in [-0.25, -0.2) is 9.97 Å². The lowest BCUT2D eigenvalue weighted by molar-refractivity contribution is -0.131. The lowest BCUT2D eigenvalue weighted by Gasteiger charge is -2.20. The summed E-state index contributed by atoms with van der Waals surface area (Å²) < 4.78 is 7.49. The van der Waals surface area contributed by atoms with Crippen molar-refractivity contribution in [3.05, 3.63) is 24.2 Å². The van der Waals surface area contributed by atoms with E-state index in [1.54, 1.807) is 13.3 Å². The maximum absolute atomic E-state index is 12.6. The van der Waals surface area contributed by atoms with Crippen LogP contribution >= 0.6 is 0 Å². The molecule has 7 nitrogen and oxygen atoms in total. The standard InChI is InChI=1S/C20H31N5O2/c1-16(15-27-3)25-18(22-17-7-5-10-21-20(17)25)8-4-9-19(26)24-12-6-11-23(2)13-14-24/h5,7,10,16H,4,6,8-9,11-15H2,1-3H3. The molecule has 2 aromatic rings. The van der Waals surface area contributed by atoms with Crippen LogP contribution in [0.1, 0.15) is 38.1 Å². The van der Waals surface area contributed by atoms with Gasteiger partial charge >= 0.3 is 0 Å². The van der Waals surface area contributed by atoms with E-state index in [1.807, 2.05) is 17.0 Å². The van der Waals surface area contributed by atoms with Crippen molar-refractivity contribution in [2.45, 2.75) is 38.6 Å². The van der Waals surface area contributed by atoms with Crippen molar-refractivity contribution in [1.29, 1.82) is 0 Å². The van der Waals surface area contributed by atoms with E-state index >= 15 is 0 Å². The third-order valence-electron chi connectivity index (χ3n) is 5.23. The van der Waals surface area contributed by atoms with Gasteiger partial charge in [0.1, 0.15) is 11.3 Å². The molecule has 1 unspecified atom stereocenters. The minimum absolute atomic E-state index is 0.154. The van der Waals surface area contributed by atoms with Gasteiger partial charge in [0.05, 0.1) is 12.6 Å². The Morgan fingerprint density at radius 2 is 2.15 bits per heavy atom. The molecule has 0 N–H and O–H groups in total. The van der Waals surface area contributed by atoms with E-state index in [0.717, 1.165) is 62.4 Å². The number of aryl methyl sites for hydroxylation is 1. The van der Waals surface area contributed by atoms with Crippen LogP contribution in [0.25, 0.3) is 11.2 Å². The molecule has 2 aromatic heterocycles. The number of fused-ring (bicyclic) bond motifs is 1. The second-order valence-corrected chi connectivity index (χ2v) is 7.44. The van der Waals surface area contributed by atoms with Gasteiger partial charge in [-0.3, -0.25) is 4.79 Å².